The molecule has 1 aromatic heterocycles. The summed E-state index contributed by atoms with van der Waals surface area (Å²) in [7, 11) is 2.05. The highest BCUT2D eigenvalue weighted by atomic mass is 14.9. The van der Waals surface area contributed by atoms with Crippen LogP contribution in [0.1, 0.15) is 18.5 Å². The van der Waals surface area contributed by atoms with Crippen LogP contribution in [0, 0.1) is 0 Å². The van der Waals surface area contributed by atoms with Gasteiger partial charge in [0.05, 0.1) is 0 Å². The molecular formula is C11H14N2. The standard InChI is InChI=1S/C11H14N2/c1-8(12)9-4-3-5-11-10(9)6-7-13(11)2/h3-8H,12H2,1-2H3. The van der Waals surface area contributed by atoms with Crippen LogP contribution < -0.4 is 5.73 Å². The fourth-order valence-electron chi connectivity index (χ4n) is 1.72. The van der Waals surface area contributed by atoms with E-state index in [-0.39, 0.29) is 6.04 Å². The van der Waals surface area contributed by atoms with Gasteiger partial charge >= 0.3 is 0 Å². The Hall–Kier alpha value is -1.28. The number of rotatable bonds is 1. The molecule has 0 amide bonds. The summed E-state index contributed by atoms with van der Waals surface area (Å²) >= 11 is 0. The smallest absolute Gasteiger partial charge is 0.0481 e. The molecule has 13 heavy (non-hydrogen) atoms. The number of benzene rings is 1. The quantitative estimate of drug-likeness (QED) is 0.706. The molecule has 0 aliphatic heterocycles. The minimum atomic E-state index is 0.103. The Kier molecular flexibility index (Phi) is 1.85. The normalized spacial score (nSPS) is 13.5. The first-order valence-electron chi connectivity index (χ1n) is 4.49. The van der Waals surface area contributed by atoms with E-state index in [0.717, 1.165) is 0 Å². The number of aromatic nitrogens is 1. The van der Waals surface area contributed by atoms with Crippen molar-refractivity contribution in [3.8, 4) is 0 Å². The second kappa shape index (κ2) is 2.89. The highest BCUT2D eigenvalue weighted by Gasteiger charge is 2.05. The first kappa shape index (κ1) is 8.32. The average Bonchev–Trinajstić information content (AvgIpc) is 2.48. The molecule has 0 radical (unpaired) electrons. The lowest BCUT2D eigenvalue weighted by Crippen LogP contribution is -2.04. The molecule has 2 aromatic rings. The Labute approximate surface area is 78.0 Å². The van der Waals surface area contributed by atoms with E-state index in [1.807, 2.05) is 14.0 Å². The summed E-state index contributed by atoms with van der Waals surface area (Å²) in [6.45, 7) is 2.02. The molecule has 0 spiro atoms. The van der Waals surface area contributed by atoms with Gasteiger partial charge in [0.15, 0.2) is 0 Å². The zero-order valence-corrected chi connectivity index (χ0v) is 7.99. The van der Waals surface area contributed by atoms with Crippen LogP contribution in [0.5, 0.6) is 0 Å². The predicted molar refractivity (Wildman–Crippen MR) is 55.5 cm³/mol. The van der Waals surface area contributed by atoms with Crippen LogP contribution in [0.2, 0.25) is 0 Å². The van der Waals surface area contributed by atoms with Crippen molar-refractivity contribution < 1.29 is 0 Å². The summed E-state index contributed by atoms with van der Waals surface area (Å²) in [4.78, 5) is 0. The van der Waals surface area contributed by atoms with Crippen molar-refractivity contribution in [2.45, 2.75) is 13.0 Å². The van der Waals surface area contributed by atoms with Gasteiger partial charge in [-0.3, -0.25) is 0 Å². The Morgan fingerprint density at radius 2 is 2.08 bits per heavy atom. The first-order chi connectivity index (χ1) is 6.20. The summed E-state index contributed by atoms with van der Waals surface area (Å²) in [5.74, 6) is 0. The molecular weight excluding hydrogens is 160 g/mol. The molecule has 2 heteroatoms. The van der Waals surface area contributed by atoms with E-state index < -0.39 is 0 Å². The highest BCUT2D eigenvalue weighted by Crippen LogP contribution is 2.23. The maximum Gasteiger partial charge on any atom is 0.0481 e. The summed E-state index contributed by atoms with van der Waals surface area (Å²) < 4.78 is 2.11. The van der Waals surface area contributed by atoms with Crippen molar-refractivity contribution in [2.75, 3.05) is 0 Å². The fraction of sp³-hybridized carbons (Fsp3) is 0.273. The van der Waals surface area contributed by atoms with Crippen molar-refractivity contribution in [1.82, 2.24) is 4.57 Å². The summed E-state index contributed by atoms with van der Waals surface area (Å²) in [6, 6.07) is 8.48. The summed E-state index contributed by atoms with van der Waals surface area (Å²) in [5.41, 5.74) is 8.35. The van der Waals surface area contributed by atoms with E-state index in [4.69, 9.17) is 5.73 Å². The lowest BCUT2D eigenvalue weighted by Gasteiger charge is -2.07. The molecule has 1 heterocycles. The van der Waals surface area contributed by atoms with Crippen LogP contribution in [-0.4, -0.2) is 4.57 Å². The van der Waals surface area contributed by atoms with E-state index in [1.54, 1.807) is 0 Å². The molecule has 2 rings (SSSR count). The van der Waals surface area contributed by atoms with Crippen molar-refractivity contribution in [1.29, 1.82) is 0 Å². The Morgan fingerprint density at radius 3 is 2.77 bits per heavy atom. The second-order valence-corrected chi connectivity index (χ2v) is 3.50. The maximum atomic E-state index is 5.88. The molecule has 68 valence electrons. The number of fused-ring (bicyclic) bond motifs is 1. The van der Waals surface area contributed by atoms with Gasteiger partial charge in [-0.1, -0.05) is 12.1 Å². The molecule has 1 atom stereocenters. The molecule has 0 fully saturated rings. The van der Waals surface area contributed by atoms with Gasteiger partial charge in [-0.15, -0.1) is 0 Å². The minimum Gasteiger partial charge on any atom is -0.351 e. The monoisotopic (exact) mass is 174 g/mol. The van der Waals surface area contributed by atoms with Gasteiger partial charge in [0.1, 0.15) is 0 Å². The zero-order valence-electron chi connectivity index (χ0n) is 7.99. The van der Waals surface area contributed by atoms with E-state index >= 15 is 0 Å². The summed E-state index contributed by atoms with van der Waals surface area (Å²) in [6.07, 6.45) is 2.07. The number of hydrogen-bond acceptors (Lipinski definition) is 1. The van der Waals surface area contributed by atoms with Gasteiger partial charge in [-0.05, 0) is 24.6 Å². The molecule has 2 nitrogen and oxygen atoms in total. The third-order valence-corrected chi connectivity index (χ3v) is 2.45. The molecule has 0 saturated carbocycles. The topological polar surface area (TPSA) is 30.9 Å². The average molecular weight is 174 g/mol. The molecule has 1 unspecified atom stereocenters. The predicted octanol–water partition coefficient (Wildman–Crippen LogP) is 2.20. The SMILES string of the molecule is CC(N)c1cccc2c1ccn2C. The Bertz CT molecular complexity index is 427. The van der Waals surface area contributed by atoms with Gasteiger partial charge in [0.2, 0.25) is 0 Å². The lowest BCUT2D eigenvalue weighted by molar-refractivity contribution is 0.826. The maximum absolute atomic E-state index is 5.88. The molecule has 0 aliphatic carbocycles. The van der Waals surface area contributed by atoms with Crippen LogP contribution in [0.3, 0.4) is 0 Å². The second-order valence-electron chi connectivity index (χ2n) is 3.50. The summed E-state index contributed by atoms with van der Waals surface area (Å²) in [5, 5.41) is 1.26. The van der Waals surface area contributed by atoms with Gasteiger partial charge in [-0.25, -0.2) is 0 Å². The molecule has 0 saturated heterocycles. The van der Waals surface area contributed by atoms with E-state index in [1.165, 1.54) is 16.5 Å². The van der Waals surface area contributed by atoms with E-state index in [0.29, 0.717) is 0 Å². The van der Waals surface area contributed by atoms with Crippen LogP contribution >= 0.6 is 0 Å². The van der Waals surface area contributed by atoms with Gasteiger partial charge in [0, 0.05) is 30.2 Å². The van der Waals surface area contributed by atoms with Crippen LogP contribution in [-0.2, 0) is 7.05 Å². The van der Waals surface area contributed by atoms with Crippen molar-refractivity contribution in [3.05, 3.63) is 36.0 Å². The van der Waals surface area contributed by atoms with Crippen molar-refractivity contribution in [2.24, 2.45) is 12.8 Å². The molecule has 0 bridgehead atoms. The van der Waals surface area contributed by atoms with Crippen LogP contribution in [0.25, 0.3) is 10.9 Å². The minimum absolute atomic E-state index is 0.103. The Morgan fingerprint density at radius 1 is 1.31 bits per heavy atom. The molecule has 0 aliphatic rings. The Balaban J connectivity index is 2.77. The number of aryl methyl sites for hydroxylation is 1. The first-order valence-corrected chi connectivity index (χ1v) is 4.49. The number of nitrogens with two attached hydrogens (primary N) is 1. The van der Waals surface area contributed by atoms with Gasteiger partial charge < -0.3 is 10.3 Å². The molecule has 1 aromatic carbocycles. The number of nitrogens with zero attached hydrogens (tertiary/aromatic N) is 1. The van der Waals surface area contributed by atoms with Crippen LogP contribution in [0.4, 0.5) is 0 Å². The lowest BCUT2D eigenvalue weighted by atomic mass is 10.0. The molecule has 2 N–H and O–H groups in total. The van der Waals surface area contributed by atoms with E-state index in [2.05, 4.69) is 35.0 Å². The zero-order chi connectivity index (χ0) is 9.42. The van der Waals surface area contributed by atoms with Crippen LogP contribution in [0.15, 0.2) is 30.5 Å². The largest absolute Gasteiger partial charge is 0.351 e. The highest BCUT2D eigenvalue weighted by molar-refractivity contribution is 5.84. The van der Waals surface area contributed by atoms with Crippen molar-refractivity contribution >= 4 is 10.9 Å². The van der Waals surface area contributed by atoms with Crippen molar-refractivity contribution in [3.63, 3.8) is 0 Å². The third-order valence-electron chi connectivity index (χ3n) is 2.45. The fourth-order valence-corrected chi connectivity index (χ4v) is 1.72. The van der Waals surface area contributed by atoms with Gasteiger partial charge in [-0.2, -0.15) is 0 Å². The number of hydrogen-bond donors (Lipinski definition) is 1. The van der Waals surface area contributed by atoms with Gasteiger partial charge in [0.25, 0.3) is 0 Å². The third kappa shape index (κ3) is 1.23. The van der Waals surface area contributed by atoms with E-state index in [9.17, 15) is 0 Å².